The van der Waals surface area contributed by atoms with Crippen molar-refractivity contribution in [2.75, 3.05) is 18.4 Å². The molecule has 2 heterocycles. The summed E-state index contributed by atoms with van der Waals surface area (Å²) in [5.74, 6) is 0.606. The third kappa shape index (κ3) is 4.90. The summed E-state index contributed by atoms with van der Waals surface area (Å²) in [7, 11) is 0. The van der Waals surface area contributed by atoms with E-state index in [1.807, 2.05) is 30.9 Å². The predicted octanol–water partition coefficient (Wildman–Crippen LogP) is 6.81. The van der Waals surface area contributed by atoms with Gasteiger partial charge in [0.05, 0.1) is 5.92 Å². The maximum Gasteiger partial charge on any atom is 0.272 e. The Balaban J connectivity index is 1.15. The van der Waals surface area contributed by atoms with Gasteiger partial charge in [-0.05, 0) is 86.8 Å². The van der Waals surface area contributed by atoms with E-state index in [-0.39, 0.29) is 29.2 Å². The minimum Gasteiger partial charge on any atom is -0.337 e. The Morgan fingerprint density at radius 3 is 2.38 bits per heavy atom. The molecule has 2 fully saturated rings. The molecule has 1 aliphatic heterocycles. The molecule has 1 spiro atoms. The molecule has 3 aromatic rings. The summed E-state index contributed by atoms with van der Waals surface area (Å²) in [6, 6.07) is 19.0. The van der Waals surface area contributed by atoms with Crippen LogP contribution in [0.5, 0.6) is 0 Å². The number of hydrogen-bond donors (Lipinski definition) is 1. The van der Waals surface area contributed by atoms with Gasteiger partial charge in [0.15, 0.2) is 0 Å². The van der Waals surface area contributed by atoms with Crippen LogP contribution in [0.4, 0.5) is 5.69 Å². The molecule has 0 bridgehead atoms. The fraction of sp³-hybridized carbons (Fsp3) is 0.485. The standard InChI is InChI=1S/C33H40N4O2/c1-23(2)37-30(16-19-34-37)32(39)36-20-17-33(18-21-36)22-28(27-10-6-7-11-29(27)33)31(38)35-26-14-12-25(13-15-26)24-8-4-3-5-9-24/h6-7,10-16,19,23-24,28H,3-5,8-9,17-18,20-22H2,1-2H3,(H,35,38). The van der Waals surface area contributed by atoms with Crippen LogP contribution in [-0.4, -0.2) is 39.6 Å². The fourth-order valence-electron chi connectivity index (χ4n) is 7.30. The monoisotopic (exact) mass is 524 g/mol. The number of fused-ring (bicyclic) bond motifs is 2. The Bertz CT molecular complexity index is 1330. The third-order valence-electron chi connectivity index (χ3n) is 9.46. The second-order valence-corrected chi connectivity index (χ2v) is 12.1. The lowest BCUT2D eigenvalue weighted by molar-refractivity contribution is -0.117. The van der Waals surface area contributed by atoms with Crippen molar-refractivity contribution in [1.29, 1.82) is 0 Å². The number of likely N-dealkylation sites (tertiary alicyclic amines) is 1. The van der Waals surface area contributed by atoms with E-state index in [0.717, 1.165) is 30.5 Å². The van der Waals surface area contributed by atoms with Gasteiger partial charge in [-0.2, -0.15) is 5.10 Å². The van der Waals surface area contributed by atoms with Crippen molar-refractivity contribution in [3.8, 4) is 0 Å². The molecule has 1 N–H and O–H groups in total. The van der Waals surface area contributed by atoms with Gasteiger partial charge in [0.1, 0.15) is 5.69 Å². The smallest absolute Gasteiger partial charge is 0.272 e. The van der Waals surface area contributed by atoms with E-state index in [2.05, 4.69) is 52.9 Å². The van der Waals surface area contributed by atoms with E-state index in [1.165, 1.54) is 43.2 Å². The maximum absolute atomic E-state index is 13.6. The lowest BCUT2D eigenvalue weighted by Gasteiger charge is -2.40. The first-order valence-electron chi connectivity index (χ1n) is 14.8. The van der Waals surface area contributed by atoms with Crippen molar-refractivity contribution in [1.82, 2.24) is 14.7 Å². The van der Waals surface area contributed by atoms with E-state index in [4.69, 9.17) is 0 Å². The molecular weight excluding hydrogens is 484 g/mol. The molecule has 2 amide bonds. The normalized spacial score (nSPS) is 20.8. The van der Waals surface area contributed by atoms with Gasteiger partial charge < -0.3 is 10.2 Å². The molecule has 2 aliphatic carbocycles. The number of carbonyl (C=O) groups excluding carboxylic acids is 2. The summed E-state index contributed by atoms with van der Waals surface area (Å²) in [4.78, 5) is 28.9. The van der Waals surface area contributed by atoms with Gasteiger partial charge in [0.25, 0.3) is 5.91 Å². The van der Waals surface area contributed by atoms with Crippen molar-refractivity contribution in [3.05, 3.63) is 83.2 Å². The number of carbonyl (C=O) groups is 2. The number of nitrogens with zero attached hydrogens (tertiary/aromatic N) is 3. The molecule has 1 aromatic heterocycles. The van der Waals surface area contributed by atoms with Crippen LogP contribution in [0.1, 0.15) is 110 Å². The summed E-state index contributed by atoms with van der Waals surface area (Å²) < 4.78 is 1.81. The van der Waals surface area contributed by atoms with E-state index >= 15 is 0 Å². The van der Waals surface area contributed by atoms with Gasteiger partial charge in [-0.3, -0.25) is 14.3 Å². The largest absolute Gasteiger partial charge is 0.337 e. The molecule has 1 unspecified atom stereocenters. The highest BCUT2D eigenvalue weighted by Gasteiger charge is 2.48. The van der Waals surface area contributed by atoms with Gasteiger partial charge in [-0.15, -0.1) is 0 Å². The summed E-state index contributed by atoms with van der Waals surface area (Å²) in [5.41, 5.74) is 5.29. The molecule has 1 atom stereocenters. The minimum absolute atomic E-state index is 0.0494. The molecule has 6 heteroatoms. The Labute approximate surface area is 231 Å². The van der Waals surface area contributed by atoms with E-state index in [9.17, 15) is 9.59 Å². The number of benzene rings is 2. The summed E-state index contributed by atoms with van der Waals surface area (Å²) in [5, 5.41) is 7.58. The Morgan fingerprint density at radius 1 is 0.949 bits per heavy atom. The SMILES string of the molecule is CC(C)n1nccc1C(=O)N1CCC2(CC1)CC(C(=O)Nc1ccc(C3CCCCC3)cc1)c1ccccc12. The molecule has 39 heavy (non-hydrogen) atoms. The van der Waals surface area contributed by atoms with Crippen molar-refractivity contribution in [2.45, 2.75) is 88.5 Å². The molecule has 1 saturated heterocycles. The van der Waals surface area contributed by atoms with Gasteiger partial charge >= 0.3 is 0 Å². The van der Waals surface area contributed by atoms with Crippen LogP contribution < -0.4 is 5.32 Å². The van der Waals surface area contributed by atoms with Gasteiger partial charge in [-0.25, -0.2) is 0 Å². The second kappa shape index (κ2) is 10.6. The van der Waals surface area contributed by atoms with Crippen LogP contribution in [0.3, 0.4) is 0 Å². The number of piperidine rings is 1. The summed E-state index contributed by atoms with van der Waals surface area (Å²) in [6.07, 6.45) is 10.8. The average molecular weight is 525 g/mol. The fourth-order valence-corrected chi connectivity index (χ4v) is 7.30. The van der Waals surface area contributed by atoms with Crippen LogP contribution in [0.2, 0.25) is 0 Å². The van der Waals surface area contributed by atoms with Gasteiger partial charge in [0.2, 0.25) is 5.91 Å². The van der Waals surface area contributed by atoms with Crippen LogP contribution in [-0.2, 0) is 10.2 Å². The number of aromatic nitrogens is 2. The number of rotatable bonds is 5. The Kier molecular flexibility index (Phi) is 7.05. The van der Waals surface area contributed by atoms with E-state index in [0.29, 0.717) is 24.7 Å². The summed E-state index contributed by atoms with van der Waals surface area (Å²) in [6.45, 7) is 5.46. The average Bonchev–Trinajstić information content (AvgIpc) is 3.59. The first-order chi connectivity index (χ1) is 18.9. The van der Waals surface area contributed by atoms with Gasteiger partial charge in [-0.1, -0.05) is 55.7 Å². The van der Waals surface area contributed by atoms with Crippen molar-refractivity contribution >= 4 is 17.5 Å². The van der Waals surface area contributed by atoms with E-state index < -0.39 is 0 Å². The first kappa shape index (κ1) is 25.8. The predicted molar refractivity (Wildman–Crippen MR) is 154 cm³/mol. The number of hydrogen-bond acceptors (Lipinski definition) is 3. The summed E-state index contributed by atoms with van der Waals surface area (Å²) >= 11 is 0. The number of nitrogens with one attached hydrogen (secondary N) is 1. The van der Waals surface area contributed by atoms with Gasteiger partial charge in [0, 0.05) is 36.4 Å². The zero-order valence-corrected chi connectivity index (χ0v) is 23.2. The number of amides is 2. The van der Waals surface area contributed by atoms with E-state index in [1.54, 1.807) is 10.9 Å². The zero-order chi connectivity index (χ0) is 27.0. The minimum atomic E-state index is -0.177. The van der Waals surface area contributed by atoms with Crippen molar-refractivity contribution in [3.63, 3.8) is 0 Å². The van der Waals surface area contributed by atoms with Crippen LogP contribution in [0.15, 0.2) is 60.8 Å². The van der Waals surface area contributed by atoms with Crippen LogP contribution in [0, 0.1) is 0 Å². The topological polar surface area (TPSA) is 67.2 Å². The molecule has 204 valence electrons. The third-order valence-corrected chi connectivity index (χ3v) is 9.46. The van der Waals surface area contributed by atoms with Crippen molar-refractivity contribution in [2.24, 2.45) is 0 Å². The van der Waals surface area contributed by atoms with Crippen molar-refractivity contribution < 1.29 is 9.59 Å². The quantitative estimate of drug-likeness (QED) is 0.399. The molecule has 2 aromatic carbocycles. The molecule has 0 radical (unpaired) electrons. The van der Waals surface area contributed by atoms with Crippen LogP contribution in [0.25, 0.3) is 0 Å². The highest BCUT2D eigenvalue weighted by Crippen LogP contribution is 2.52. The first-order valence-corrected chi connectivity index (χ1v) is 14.8. The highest BCUT2D eigenvalue weighted by molar-refractivity contribution is 5.97. The molecule has 1 saturated carbocycles. The lowest BCUT2D eigenvalue weighted by Crippen LogP contribution is -2.45. The molecule has 3 aliphatic rings. The number of anilines is 1. The maximum atomic E-state index is 13.6. The molecular formula is C33H40N4O2. The highest BCUT2D eigenvalue weighted by atomic mass is 16.2. The second-order valence-electron chi connectivity index (χ2n) is 12.1. The molecule has 6 rings (SSSR count). The zero-order valence-electron chi connectivity index (χ0n) is 23.2. The lowest BCUT2D eigenvalue weighted by atomic mass is 9.73. The molecule has 6 nitrogen and oxygen atoms in total. The van der Waals surface area contributed by atoms with Crippen LogP contribution >= 0.6 is 0 Å². The Hall–Kier alpha value is -3.41. The Morgan fingerprint density at radius 2 is 1.67 bits per heavy atom.